The first-order chi connectivity index (χ1) is 9.65. The van der Waals surface area contributed by atoms with Crippen LogP contribution in [0, 0.1) is 6.92 Å². The molecule has 7 heteroatoms. The Morgan fingerprint density at radius 2 is 2.05 bits per heavy atom. The van der Waals surface area contributed by atoms with Crippen LogP contribution in [0.2, 0.25) is 5.02 Å². The van der Waals surface area contributed by atoms with Crippen LogP contribution in [0.3, 0.4) is 0 Å². The summed E-state index contributed by atoms with van der Waals surface area (Å²) in [6, 6.07) is 4.88. The predicted molar refractivity (Wildman–Crippen MR) is 86.1 cm³/mol. The highest BCUT2D eigenvalue weighted by Gasteiger charge is 2.24. The lowest BCUT2D eigenvalue weighted by atomic mass is 10.2. The molecule has 0 saturated heterocycles. The number of sulfonamides is 1. The van der Waals surface area contributed by atoms with Crippen molar-refractivity contribution in [3.05, 3.63) is 28.8 Å². The molecule has 1 amide bonds. The van der Waals surface area contributed by atoms with Gasteiger partial charge in [0.05, 0.1) is 12.8 Å². The Kier molecular flexibility index (Phi) is 6.19. The second-order valence-electron chi connectivity index (χ2n) is 5.07. The number of halogens is 1. The monoisotopic (exact) mass is 332 g/mol. The van der Waals surface area contributed by atoms with Gasteiger partial charge in [0, 0.05) is 16.8 Å². The Bertz CT molecular complexity index is 617. The van der Waals surface area contributed by atoms with E-state index in [9.17, 15) is 13.2 Å². The smallest absolute Gasteiger partial charge is 0.239 e. The van der Waals surface area contributed by atoms with Crippen molar-refractivity contribution in [3.63, 3.8) is 0 Å². The molecule has 5 nitrogen and oxygen atoms in total. The predicted octanol–water partition coefficient (Wildman–Crippen LogP) is 2.65. The maximum Gasteiger partial charge on any atom is 0.239 e. The number of aryl methyl sites for hydroxylation is 1. The molecule has 1 atom stereocenters. The second-order valence-corrected chi connectivity index (χ2v) is 7.44. The summed E-state index contributed by atoms with van der Waals surface area (Å²) in [7, 11) is -3.43. The van der Waals surface area contributed by atoms with E-state index >= 15 is 0 Å². The van der Waals surface area contributed by atoms with Crippen molar-refractivity contribution in [2.24, 2.45) is 0 Å². The van der Waals surface area contributed by atoms with E-state index in [0.717, 1.165) is 11.8 Å². The largest absolute Gasteiger partial charge is 0.325 e. The number of amides is 1. The fourth-order valence-corrected chi connectivity index (χ4v) is 3.28. The van der Waals surface area contributed by atoms with E-state index in [2.05, 4.69) is 5.32 Å². The van der Waals surface area contributed by atoms with E-state index < -0.39 is 10.0 Å². The second kappa shape index (κ2) is 7.24. The van der Waals surface area contributed by atoms with Crippen molar-refractivity contribution in [2.75, 3.05) is 18.1 Å². The molecule has 0 bridgehead atoms. The van der Waals surface area contributed by atoms with Gasteiger partial charge in [-0.2, -0.15) is 4.31 Å². The third kappa shape index (κ3) is 5.30. The van der Waals surface area contributed by atoms with Gasteiger partial charge in [0.1, 0.15) is 0 Å². The SMILES string of the molecule is CCC(C)N(CC(=O)Nc1ccc(Cl)cc1C)S(C)(=O)=O. The highest BCUT2D eigenvalue weighted by Crippen LogP contribution is 2.19. The van der Waals surface area contributed by atoms with Crippen molar-refractivity contribution < 1.29 is 13.2 Å². The molecule has 0 aliphatic heterocycles. The van der Waals surface area contributed by atoms with Crippen molar-refractivity contribution >= 4 is 33.2 Å². The van der Waals surface area contributed by atoms with Gasteiger partial charge in [-0.05, 0) is 44.0 Å². The van der Waals surface area contributed by atoms with E-state index in [1.165, 1.54) is 4.31 Å². The molecule has 0 heterocycles. The molecule has 0 radical (unpaired) electrons. The first kappa shape index (κ1) is 17.9. The van der Waals surface area contributed by atoms with E-state index in [4.69, 9.17) is 11.6 Å². The van der Waals surface area contributed by atoms with Crippen LogP contribution < -0.4 is 5.32 Å². The van der Waals surface area contributed by atoms with Gasteiger partial charge in [-0.3, -0.25) is 4.79 Å². The van der Waals surface area contributed by atoms with E-state index in [0.29, 0.717) is 17.1 Å². The van der Waals surface area contributed by atoms with Crippen molar-refractivity contribution in [1.29, 1.82) is 0 Å². The van der Waals surface area contributed by atoms with Crippen molar-refractivity contribution in [2.45, 2.75) is 33.2 Å². The minimum Gasteiger partial charge on any atom is -0.325 e. The zero-order valence-corrected chi connectivity index (χ0v) is 14.3. The fraction of sp³-hybridized carbons (Fsp3) is 0.500. The minimum atomic E-state index is -3.43. The standard InChI is InChI=1S/C14H21ClN2O3S/c1-5-11(3)17(21(4,19)20)9-14(18)16-13-7-6-12(15)8-10(13)2/h6-8,11H,5,9H2,1-4H3,(H,16,18). The Hall–Kier alpha value is -1.11. The molecule has 0 saturated carbocycles. The lowest BCUT2D eigenvalue weighted by Gasteiger charge is -2.25. The number of rotatable bonds is 6. The summed E-state index contributed by atoms with van der Waals surface area (Å²) in [5.41, 5.74) is 1.45. The summed E-state index contributed by atoms with van der Waals surface area (Å²) in [4.78, 5) is 12.1. The van der Waals surface area contributed by atoms with Gasteiger partial charge in [-0.1, -0.05) is 18.5 Å². The summed E-state index contributed by atoms with van der Waals surface area (Å²) < 4.78 is 24.7. The number of hydrogen-bond acceptors (Lipinski definition) is 3. The minimum absolute atomic E-state index is 0.199. The highest BCUT2D eigenvalue weighted by molar-refractivity contribution is 7.88. The van der Waals surface area contributed by atoms with Crippen LogP contribution in [-0.2, 0) is 14.8 Å². The van der Waals surface area contributed by atoms with Gasteiger partial charge >= 0.3 is 0 Å². The average Bonchev–Trinajstić information content (AvgIpc) is 2.37. The number of carbonyl (C=O) groups excluding carboxylic acids is 1. The molecule has 0 aliphatic rings. The molecule has 1 aromatic rings. The van der Waals surface area contributed by atoms with Gasteiger partial charge in [0.15, 0.2) is 0 Å². The first-order valence-corrected chi connectivity index (χ1v) is 8.90. The molecular weight excluding hydrogens is 312 g/mol. The zero-order chi connectivity index (χ0) is 16.2. The maximum absolute atomic E-state index is 12.1. The number of anilines is 1. The zero-order valence-electron chi connectivity index (χ0n) is 12.7. The molecule has 0 aliphatic carbocycles. The van der Waals surface area contributed by atoms with Gasteiger partial charge < -0.3 is 5.32 Å². The Balaban J connectivity index is 2.84. The van der Waals surface area contributed by atoms with Crippen LogP contribution in [0.4, 0.5) is 5.69 Å². The Labute approximate surface area is 131 Å². The highest BCUT2D eigenvalue weighted by atomic mass is 35.5. The van der Waals surface area contributed by atoms with Crippen molar-refractivity contribution in [3.8, 4) is 0 Å². The van der Waals surface area contributed by atoms with Crippen LogP contribution in [0.1, 0.15) is 25.8 Å². The number of carbonyl (C=O) groups is 1. The van der Waals surface area contributed by atoms with Crippen LogP contribution >= 0.6 is 11.6 Å². The molecule has 118 valence electrons. The summed E-state index contributed by atoms with van der Waals surface area (Å²) in [6.07, 6.45) is 1.75. The fourth-order valence-electron chi connectivity index (χ4n) is 1.90. The van der Waals surface area contributed by atoms with Crippen LogP contribution in [0.5, 0.6) is 0 Å². The average molecular weight is 333 g/mol. The summed E-state index contributed by atoms with van der Waals surface area (Å²) in [5.74, 6) is -0.369. The molecule has 1 N–H and O–H groups in total. The van der Waals surface area contributed by atoms with E-state index in [1.807, 2.05) is 13.8 Å². The third-order valence-corrected chi connectivity index (χ3v) is 4.85. The van der Waals surface area contributed by atoms with Gasteiger partial charge in [0.2, 0.25) is 15.9 Å². The molecule has 1 aromatic carbocycles. The number of hydrogen-bond donors (Lipinski definition) is 1. The molecule has 1 unspecified atom stereocenters. The Morgan fingerprint density at radius 3 is 2.52 bits per heavy atom. The molecule has 0 fully saturated rings. The van der Waals surface area contributed by atoms with Crippen LogP contribution in [0.25, 0.3) is 0 Å². The van der Waals surface area contributed by atoms with Crippen LogP contribution in [0.15, 0.2) is 18.2 Å². The number of nitrogens with zero attached hydrogens (tertiary/aromatic N) is 1. The molecule has 1 rings (SSSR count). The quantitative estimate of drug-likeness (QED) is 0.870. The van der Waals surface area contributed by atoms with Gasteiger partial charge in [-0.15, -0.1) is 0 Å². The summed E-state index contributed by atoms with van der Waals surface area (Å²) >= 11 is 5.86. The summed E-state index contributed by atoms with van der Waals surface area (Å²) in [5, 5.41) is 3.30. The number of benzene rings is 1. The lowest BCUT2D eigenvalue weighted by molar-refractivity contribution is -0.116. The van der Waals surface area contributed by atoms with E-state index in [1.54, 1.807) is 25.1 Å². The molecule has 21 heavy (non-hydrogen) atoms. The third-order valence-electron chi connectivity index (χ3n) is 3.27. The molecular formula is C14H21ClN2O3S. The van der Waals surface area contributed by atoms with Crippen molar-refractivity contribution in [1.82, 2.24) is 4.31 Å². The molecule has 0 spiro atoms. The van der Waals surface area contributed by atoms with Gasteiger partial charge in [0.25, 0.3) is 0 Å². The lowest BCUT2D eigenvalue weighted by Crippen LogP contribution is -2.42. The van der Waals surface area contributed by atoms with Gasteiger partial charge in [-0.25, -0.2) is 8.42 Å². The number of nitrogens with one attached hydrogen (secondary N) is 1. The summed E-state index contributed by atoms with van der Waals surface area (Å²) in [6.45, 7) is 5.28. The normalized spacial score (nSPS) is 13.2. The Morgan fingerprint density at radius 1 is 1.43 bits per heavy atom. The van der Waals surface area contributed by atoms with Crippen LogP contribution in [-0.4, -0.2) is 37.5 Å². The molecule has 0 aromatic heterocycles. The first-order valence-electron chi connectivity index (χ1n) is 6.68. The maximum atomic E-state index is 12.1. The van der Waals surface area contributed by atoms with E-state index in [-0.39, 0.29) is 18.5 Å². The topological polar surface area (TPSA) is 66.5 Å².